The highest BCUT2D eigenvalue weighted by molar-refractivity contribution is 5.92. The topological polar surface area (TPSA) is 141 Å². The molecule has 0 aliphatic rings. The molecule has 0 atom stereocenters. The van der Waals surface area contributed by atoms with Crippen LogP contribution in [0.3, 0.4) is 0 Å². The van der Waals surface area contributed by atoms with E-state index in [0.29, 0.717) is 0 Å². The van der Waals surface area contributed by atoms with E-state index in [-0.39, 0.29) is 11.6 Å². The maximum absolute atomic E-state index is 9.94. The molecule has 0 aliphatic carbocycles. The van der Waals surface area contributed by atoms with Crippen LogP contribution in [0.1, 0.15) is 6.92 Å². The fourth-order valence-corrected chi connectivity index (χ4v) is 0.257. The van der Waals surface area contributed by atoms with E-state index in [9.17, 15) is 14.4 Å². The molecule has 0 fully saturated rings. The summed E-state index contributed by atoms with van der Waals surface area (Å²) in [6.45, 7) is 4.63. The van der Waals surface area contributed by atoms with Crippen LogP contribution in [0, 0.1) is 0 Å². The molecule has 0 spiro atoms. The number of hydrogen-bond acceptors (Lipinski definition) is 6. The zero-order valence-electron chi connectivity index (χ0n) is 8.21. The van der Waals surface area contributed by atoms with Crippen LogP contribution in [0.25, 0.3) is 0 Å². The SMILES string of the molecule is C=C(C)C(=O)OO.O=C(O)/C=C(/O)C(=O)O. The Balaban J connectivity index is 0. The van der Waals surface area contributed by atoms with E-state index in [4.69, 9.17) is 20.6 Å². The van der Waals surface area contributed by atoms with Gasteiger partial charge in [-0.2, -0.15) is 5.26 Å². The number of carbonyl (C=O) groups excluding carboxylic acids is 1. The first-order valence-electron chi connectivity index (χ1n) is 3.60. The minimum atomic E-state index is -1.66. The standard InChI is InChI=1S/C4H4O5.C4H6O3/c5-2(4(8)9)1-3(6)7;1-3(2)4(5)7-6/h1,5H,(H,6,7)(H,8,9);6H,1H2,2H3/b2-1+;. The summed E-state index contributed by atoms with van der Waals surface area (Å²) in [4.78, 5) is 32.5. The van der Waals surface area contributed by atoms with Crippen LogP contribution in [0.2, 0.25) is 0 Å². The fourth-order valence-electron chi connectivity index (χ4n) is 0.257. The molecule has 0 bridgehead atoms. The van der Waals surface area contributed by atoms with E-state index in [1.807, 2.05) is 0 Å². The van der Waals surface area contributed by atoms with E-state index in [2.05, 4.69) is 11.5 Å². The highest BCUT2D eigenvalue weighted by Crippen LogP contribution is 1.87. The van der Waals surface area contributed by atoms with Crippen molar-refractivity contribution < 1.29 is 39.8 Å². The van der Waals surface area contributed by atoms with Gasteiger partial charge >= 0.3 is 17.9 Å². The average molecular weight is 234 g/mol. The van der Waals surface area contributed by atoms with Crippen LogP contribution in [0.15, 0.2) is 24.0 Å². The lowest BCUT2D eigenvalue weighted by molar-refractivity contribution is -0.229. The molecule has 0 aromatic carbocycles. The van der Waals surface area contributed by atoms with Crippen LogP contribution in [-0.2, 0) is 19.3 Å². The Labute approximate surface area is 89.6 Å². The quantitative estimate of drug-likeness (QED) is 0.234. The van der Waals surface area contributed by atoms with Crippen molar-refractivity contribution in [2.24, 2.45) is 0 Å². The predicted octanol–water partition coefficient (Wildman–Crippen LogP) is 0.176. The molecule has 0 aliphatic heterocycles. The summed E-state index contributed by atoms with van der Waals surface area (Å²) < 4.78 is 0. The van der Waals surface area contributed by atoms with E-state index >= 15 is 0 Å². The maximum atomic E-state index is 9.94. The summed E-state index contributed by atoms with van der Waals surface area (Å²) in [6.07, 6.45) is 0.197. The van der Waals surface area contributed by atoms with Gasteiger partial charge in [0, 0.05) is 5.57 Å². The van der Waals surface area contributed by atoms with Gasteiger partial charge in [-0.1, -0.05) is 6.58 Å². The number of aliphatic hydroxyl groups is 1. The summed E-state index contributed by atoms with van der Waals surface area (Å²) in [7, 11) is 0. The monoisotopic (exact) mass is 234 g/mol. The van der Waals surface area contributed by atoms with Gasteiger partial charge in [0.15, 0.2) is 0 Å². The molecule has 16 heavy (non-hydrogen) atoms. The summed E-state index contributed by atoms with van der Waals surface area (Å²) in [6, 6.07) is 0. The van der Waals surface area contributed by atoms with Gasteiger partial charge in [0.2, 0.25) is 5.76 Å². The van der Waals surface area contributed by atoms with Gasteiger partial charge < -0.3 is 15.3 Å². The first-order chi connectivity index (χ1) is 7.22. The Kier molecular flexibility index (Phi) is 8.05. The third-order valence-electron chi connectivity index (χ3n) is 0.911. The smallest absolute Gasteiger partial charge is 0.371 e. The van der Waals surface area contributed by atoms with Crippen molar-refractivity contribution in [3.8, 4) is 0 Å². The molecule has 90 valence electrons. The van der Waals surface area contributed by atoms with Gasteiger partial charge in [0.05, 0.1) is 6.08 Å². The first-order valence-corrected chi connectivity index (χ1v) is 3.60. The largest absolute Gasteiger partial charge is 0.502 e. The molecule has 0 heterocycles. The Hall–Kier alpha value is -2.35. The number of carboxylic acid groups (broad SMARTS) is 2. The van der Waals surface area contributed by atoms with Crippen LogP contribution in [0.5, 0.6) is 0 Å². The molecule has 0 radical (unpaired) electrons. The van der Waals surface area contributed by atoms with Crippen LogP contribution in [0.4, 0.5) is 0 Å². The van der Waals surface area contributed by atoms with Crippen molar-refractivity contribution in [1.82, 2.24) is 0 Å². The van der Waals surface area contributed by atoms with Gasteiger partial charge in [-0.05, 0) is 6.92 Å². The van der Waals surface area contributed by atoms with Crippen LogP contribution in [-0.4, -0.2) is 38.5 Å². The maximum Gasteiger partial charge on any atom is 0.371 e. The van der Waals surface area contributed by atoms with Gasteiger partial charge in [0.25, 0.3) is 0 Å². The number of hydrogen-bond donors (Lipinski definition) is 4. The van der Waals surface area contributed by atoms with Gasteiger partial charge in [-0.15, -0.1) is 0 Å². The van der Waals surface area contributed by atoms with Crippen molar-refractivity contribution in [2.75, 3.05) is 0 Å². The Bertz CT molecular complexity index is 327. The summed E-state index contributed by atoms with van der Waals surface area (Å²) >= 11 is 0. The van der Waals surface area contributed by atoms with Crippen molar-refractivity contribution in [3.05, 3.63) is 24.0 Å². The lowest BCUT2D eigenvalue weighted by Gasteiger charge is -1.88. The number of rotatable bonds is 3. The number of aliphatic hydroxyl groups excluding tert-OH is 1. The second-order valence-electron chi connectivity index (χ2n) is 2.33. The fraction of sp³-hybridized carbons (Fsp3) is 0.125. The second-order valence-corrected chi connectivity index (χ2v) is 2.33. The molecular weight excluding hydrogens is 224 g/mol. The molecule has 0 saturated carbocycles. The molecule has 0 aromatic rings. The molecule has 0 aromatic heterocycles. The lowest BCUT2D eigenvalue weighted by Crippen LogP contribution is -2.02. The van der Waals surface area contributed by atoms with Gasteiger partial charge in [-0.3, -0.25) is 4.89 Å². The van der Waals surface area contributed by atoms with Crippen LogP contribution < -0.4 is 0 Å². The molecule has 0 saturated heterocycles. The van der Waals surface area contributed by atoms with Gasteiger partial charge in [-0.25, -0.2) is 14.4 Å². The summed E-state index contributed by atoms with van der Waals surface area (Å²) in [5.74, 6) is -5.12. The molecule has 8 heteroatoms. The number of carboxylic acids is 2. The molecule has 0 unspecified atom stereocenters. The molecule has 0 amide bonds. The highest BCUT2D eigenvalue weighted by Gasteiger charge is 2.04. The third-order valence-corrected chi connectivity index (χ3v) is 0.911. The summed E-state index contributed by atoms with van der Waals surface area (Å²) in [5, 5.41) is 31.5. The lowest BCUT2D eigenvalue weighted by atomic mass is 10.4. The number of carbonyl (C=O) groups is 3. The Morgan fingerprint density at radius 3 is 1.69 bits per heavy atom. The summed E-state index contributed by atoms with van der Waals surface area (Å²) in [5.41, 5.74) is 0.183. The normalized spacial score (nSPS) is 9.50. The van der Waals surface area contributed by atoms with E-state index in [1.165, 1.54) is 6.92 Å². The van der Waals surface area contributed by atoms with Crippen molar-refractivity contribution in [1.29, 1.82) is 0 Å². The van der Waals surface area contributed by atoms with E-state index < -0.39 is 23.7 Å². The third kappa shape index (κ3) is 9.74. The highest BCUT2D eigenvalue weighted by atomic mass is 17.1. The van der Waals surface area contributed by atoms with Gasteiger partial charge in [0.1, 0.15) is 0 Å². The van der Waals surface area contributed by atoms with Crippen molar-refractivity contribution >= 4 is 17.9 Å². The minimum Gasteiger partial charge on any atom is -0.502 e. The second kappa shape index (κ2) is 8.00. The zero-order chi connectivity index (χ0) is 13.3. The van der Waals surface area contributed by atoms with E-state index in [1.54, 1.807) is 0 Å². The van der Waals surface area contributed by atoms with Crippen molar-refractivity contribution in [3.63, 3.8) is 0 Å². The Morgan fingerprint density at radius 2 is 1.62 bits per heavy atom. The van der Waals surface area contributed by atoms with E-state index in [0.717, 1.165) is 0 Å². The zero-order valence-corrected chi connectivity index (χ0v) is 8.21. The van der Waals surface area contributed by atoms with Crippen LogP contribution >= 0.6 is 0 Å². The predicted molar refractivity (Wildman–Crippen MR) is 49.5 cm³/mol. The molecule has 8 nitrogen and oxygen atoms in total. The first kappa shape index (κ1) is 16.1. The van der Waals surface area contributed by atoms with Crippen molar-refractivity contribution in [2.45, 2.75) is 6.92 Å². The molecule has 4 N–H and O–H groups in total. The number of aliphatic carboxylic acids is 2. The minimum absolute atomic E-state index is 0.183. The Morgan fingerprint density at radius 1 is 1.19 bits per heavy atom. The molecule has 0 rings (SSSR count). The molecular formula is C8H10O8. The average Bonchev–Trinajstić information content (AvgIpc) is 2.16.